The van der Waals surface area contributed by atoms with Crippen LogP contribution in [0.1, 0.15) is 30.5 Å². The Balaban J connectivity index is 1.11. The molecule has 0 spiro atoms. The molecule has 1 fully saturated rings. The molecule has 0 aliphatic heterocycles. The van der Waals surface area contributed by atoms with Crippen LogP contribution < -0.4 is 15.4 Å². The number of aromatic amines is 1. The molecule has 6 rings (SSSR count). The quantitative estimate of drug-likeness (QED) is 0.263. The second-order valence-electron chi connectivity index (χ2n) is 10.3. The van der Waals surface area contributed by atoms with E-state index in [0.717, 1.165) is 5.69 Å². The number of aromatic nitrogens is 5. The van der Waals surface area contributed by atoms with Gasteiger partial charge in [-0.25, -0.2) is 18.7 Å². The van der Waals surface area contributed by atoms with Gasteiger partial charge in [-0.05, 0) is 55.7 Å². The first-order valence-electron chi connectivity index (χ1n) is 13.2. The maximum absolute atomic E-state index is 15.2. The van der Waals surface area contributed by atoms with Crippen LogP contribution in [-0.2, 0) is 22.6 Å². The van der Waals surface area contributed by atoms with E-state index in [9.17, 15) is 14.0 Å². The maximum atomic E-state index is 15.2. The molecule has 3 N–H and O–H groups in total. The Bertz CT molecular complexity index is 1690. The number of H-pyrrole nitrogens is 1. The molecule has 41 heavy (non-hydrogen) atoms. The van der Waals surface area contributed by atoms with Crippen molar-refractivity contribution in [2.45, 2.75) is 45.2 Å². The average molecular weight is 560 g/mol. The lowest BCUT2D eigenvalue weighted by Gasteiger charge is -2.23. The van der Waals surface area contributed by atoms with Crippen molar-refractivity contribution in [2.75, 3.05) is 5.32 Å². The highest BCUT2D eigenvalue weighted by Crippen LogP contribution is 2.47. The molecule has 10 nitrogen and oxygen atoms in total. The van der Waals surface area contributed by atoms with Crippen molar-refractivity contribution in [1.29, 1.82) is 0 Å². The summed E-state index contributed by atoms with van der Waals surface area (Å²) in [6.07, 6.45) is 11.2. The number of hydrogen-bond donors (Lipinski definition) is 3. The largest absolute Gasteiger partial charge is 0.454 e. The van der Waals surface area contributed by atoms with E-state index < -0.39 is 34.9 Å². The second kappa shape index (κ2) is 10.6. The zero-order chi connectivity index (χ0) is 28.6. The fraction of sp³-hybridized carbons (Fsp3) is 0.276. The van der Waals surface area contributed by atoms with Crippen LogP contribution in [0.5, 0.6) is 5.75 Å². The summed E-state index contributed by atoms with van der Waals surface area (Å²) in [6, 6.07) is 5.02. The molecule has 1 atom stereocenters. The molecule has 1 unspecified atom stereocenters. The highest BCUT2D eigenvalue weighted by molar-refractivity contribution is 6.13. The predicted octanol–water partition coefficient (Wildman–Crippen LogP) is 4.27. The van der Waals surface area contributed by atoms with Crippen LogP contribution in [0.4, 0.5) is 14.5 Å². The van der Waals surface area contributed by atoms with Crippen LogP contribution in [-0.4, -0.2) is 42.6 Å². The van der Waals surface area contributed by atoms with Crippen molar-refractivity contribution in [3.05, 3.63) is 90.0 Å². The minimum atomic E-state index is -1.23. The summed E-state index contributed by atoms with van der Waals surface area (Å²) in [4.78, 5) is 34.4. The van der Waals surface area contributed by atoms with Crippen LogP contribution in [0.25, 0.3) is 11.0 Å². The molecule has 4 aromatic rings. The Morgan fingerprint density at radius 3 is 2.78 bits per heavy atom. The van der Waals surface area contributed by atoms with E-state index in [4.69, 9.17) is 4.74 Å². The van der Waals surface area contributed by atoms with Crippen molar-refractivity contribution in [3.8, 4) is 5.75 Å². The normalized spacial score (nSPS) is 17.5. The fourth-order valence-electron chi connectivity index (χ4n) is 4.87. The summed E-state index contributed by atoms with van der Waals surface area (Å²) in [5.74, 6) is -1.45. The van der Waals surface area contributed by atoms with Gasteiger partial charge in [-0.15, -0.1) is 0 Å². The van der Waals surface area contributed by atoms with Gasteiger partial charge in [0.1, 0.15) is 22.8 Å². The van der Waals surface area contributed by atoms with E-state index in [1.807, 2.05) is 10.8 Å². The molecular weight excluding hydrogens is 532 g/mol. The lowest BCUT2D eigenvalue weighted by molar-refractivity contribution is -0.134. The SMILES string of the molecule is Cc1cc(F)ccc1NC(=O)C1(C(=O)NC2C=CC(Oc3ccnc4n[nH]c(CCn5ccnc5)c34)=C(F)C2)CC1. The van der Waals surface area contributed by atoms with Gasteiger partial charge in [-0.3, -0.25) is 14.7 Å². The molecule has 3 heterocycles. The van der Waals surface area contributed by atoms with Crippen molar-refractivity contribution in [2.24, 2.45) is 5.41 Å². The van der Waals surface area contributed by atoms with Gasteiger partial charge in [0.15, 0.2) is 11.4 Å². The monoisotopic (exact) mass is 559 g/mol. The highest BCUT2D eigenvalue weighted by atomic mass is 19.1. The number of nitrogens with zero attached hydrogens (tertiary/aromatic N) is 4. The molecule has 3 aromatic heterocycles. The Labute approximate surface area is 233 Å². The lowest BCUT2D eigenvalue weighted by Crippen LogP contribution is -2.44. The average Bonchev–Trinajstić information content (AvgIpc) is 3.40. The molecule has 210 valence electrons. The Morgan fingerprint density at radius 2 is 2.05 bits per heavy atom. The number of allylic oxidation sites excluding steroid dienone is 1. The molecule has 0 radical (unpaired) electrons. The van der Waals surface area contributed by atoms with Gasteiger partial charge in [0, 0.05) is 43.7 Å². The summed E-state index contributed by atoms with van der Waals surface area (Å²) in [6.45, 7) is 2.33. The number of nitrogens with one attached hydrogen (secondary N) is 3. The minimum Gasteiger partial charge on any atom is -0.454 e. The number of halogens is 2. The topological polar surface area (TPSA) is 127 Å². The first-order valence-corrected chi connectivity index (χ1v) is 13.2. The van der Waals surface area contributed by atoms with E-state index in [1.54, 1.807) is 37.8 Å². The Hall–Kier alpha value is -4.87. The van der Waals surface area contributed by atoms with Crippen molar-refractivity contribution in [1.82, 2.24) is 30.0 Å². The van der Waals surface area contributed by atoms with Gasteiger partial charge >= 0.3 is 0 Å². The van der Waals surface area contributed by atoms with E-state index in [1.165, 1.54) is 24.3 Å². The summed E-state index contributed by atoms with van der Waals surface area (Å²) in [5.41, 5.74) is 1.01. The maximum Gasteiger partial charge on any atom is 0.240 e. The van der Waals surface area contributed by atoms with Gasteiger partial charge in [-0.2, -0.15) is 5.10 Å². The molecule has 1 aromatic carbocycles. The van der Waals surface area contributed by atoms with Crippen molar-refractivity contribution in [3.63, 3.8) is 0 Å². The Kier molecular flexibility index (Phi) is 6.82. The van der Waals surface area contributed by atoms with Gasteiger partial charge in [0.05, 0.1) is 23.4 Å². The fourth-order valence-corrected chi connectivity index (χ4v) is 4.87. The van der Waals surface area contributed by atoms with E-state index in [0.29, 0.717) is 53.8 Å². The summed E-state index contributed by atoms with van der Waals surface area (Å²) >= 11 is 0. The van der Waals surface area contributed by atoms with Crippen LogP contribution in [0, 0.1) is 18.2 Å². The first-order chi connectivity index (χ1) is 19.8. The number of anilines is 1. The zero-order valence-electron chi connectivity index (χ0n) is 22.2. The number of amides is 2. The second-order valence-corrected chi connectivity index (χ2v) is 10.3. The number of carbonyl (C=O) groups is 2. The molecule has 0 saturated heterocycles. The number of benzene rings is 1. The molecule has 2 aliphatic rings. The van der Waals surface area contributed by atoms with Crippen molar-refractivity contribution >= 4 is 28.5 Å². The van der Waals surface area contributed by atoms with Gasteiger partial charge in [-0.1, -0.05) is 6.08 Å². The minimum absolute atomic E-state index is 0.0235. The van der Waals surface area contributed by atoms with Gasteiger partial charge in [0.25, 0.3) is 0 Å². The molecular formula is C29H27F2N7O3. The predicted molar refractivity (Wildman–Crippen MR) is 146 cm³/mol. The van der Waals surface area contributed by atoms with Crippen molar-refractivity contribution < 1.29 is 23.1 Å². The van der Waals surface area contributed by atoms with Crippen LogP contribution in [0.3, 0.4) is 0 Å². The zero-order valence-corrected chi connectivity index (χ0v) is 22.2. The molecule has 1 saturated carbocycles. The van der Waals surface area contributed by atoms with Gasteiger partial charge < -0.3 is 19.9 Å². The Morgan fingerprint density at radius 1 is 1.20 bits per heavy atom. The third kappa shape index (κ3) is 5.32. The third-order valence-electron chi connectivity index (χ3n) is 7.41. The number of carbonyl (C=O) groups excluding carboxylic acids is 2. The number of ether oxygens (including phenoxy) is 1. The summed E-state index contributed by atoms with van der Waals surface area (Å²) in [7, 11) is 0. The number of imidazole rings is 1. The smallest absolute Gasteiger partial charge is 0.240 e. The molecule has 2 amide bonds. The molecule has 2 aliphatic carbocycles. The first kappa shape index (κ1) is 26.4. The molecule has 0 bridgehead atoms. The number of hydrogen-bond acceptors (Lipinski definition) is 6. The number of pyridine rings is 1. The van der Waals surface area contributed by atoms with Gasteiger partial charge in [0.2, 0.25) is 11.8 Å². The van der Waals surface area contributed by atoms with E-state index in [-0.39, 0.29) is 12.2 Å². The lowest BCUT2D eigenvalue weighted by atomic mass is 10.0. The third-order valence-corrected chi connectivity index (χ3v) is 7.41. The van der Waals surface area contributed by atoms with Crippen LogP contribution in [0.15, 0.2) is 72.9 Å². The standard InChI is InChI=1S/C29H27F2N7O3/c1-17-14-18(30)2-4-21(17)35-28(40)29(8-9-29)27(39)34-19-3-5-23(20(31)15-19)41-24-6-10-33-26-25(24)22(36-37-26)7-12-38-13-11-32-16-38/h2-6,10-11,13-14,16,19H,7-9,12,15H2,1H3,(H,34,39)(H,35,40)(H,33,36,37). The molecule has 12 heteroatoms. The number of fused-ring (bicyclic) bond motifs is 1. The number of aryl methyl sites for hydroxylation is 3. The van der Waals surface area contributed by atoms with Crippen LogP contribution >= 0.6 is 0 Å². The van der Waals surface area contributed by atoms with E-state index in [2.05, 4.69) is 30.8 Å². The van der Waals surface area contributed by atoms with Crippen LogP contribution in [0.2, 0.25) is 0 Å². The summed E-state index contributed by atoms with van der Waals surface area (Å²) in [5, 5.41) is 13.4. The highest BCUT2D eigenvalue weighted by Gasteiger charge is 2.56. The summed E-state index contributed by atoms with van der Waals surface area (Å²) < 4.78 is 36.5. The number of rotatable bonds is 9. The van der Waals surface area contributed by atoms with E-state index >= 15 is 4.39 Å².